The molecule has 0 amide bonds. The summed E-state index contributed by atoms with van der Waals surface area (Å²) in [5, 5.41) is 18.9. The van der Waals surface area contributed by atoms with Crippen LogP contribution in [0, 0.1) is 0 Å². The molecule has 2 heteroatoms. The lowest BCUT2D eigenvalue weighted by molar-refractivity contribution is 0.000649. The minimum absolute atomic E-state index is 0.220. The van der Waals surface area contributed by atoms with Crippen LogP contribution < -0.4 is 0 Å². The summed E-state index contributed by atoms with van der Waals surface area (Å²) in [6.07, 6.45) is 3.21. The highest BCUT2D eigenvalue weighted by Gasteiger charge is 2.39. The fourth-order valence-corrected chi connectivity index (χ4v) is 2.18. The predicted octanol–water partition coefficient (Wildman–Crippen LogP) is 1.59. The quantitative estimate of drug-likeness (QED) is 0.711. The van der Waals surface area contributed by atoms with E-state index < -0.39 is 5.60 Å². The summed E-state index contributed by atoms with van der Waals surface area (Å²) in [4.78, 5) is 0. The first kappa shape index (κ1) is 9.69. The van der Waals surface area contributed by atoms with Crippen LogP contribution in [0.4, 0.5) is 0 Å². The van der Waals surface area contributed by atoms with Crippen LogP contribution in [0.1, 0.15) is 30.4 Å². The Morgan fingerprint density at radius 1 is 1.21 bits per heavy atom. The molecular formula is C12H16O2. The van der Waals surface area contributed by atoms with Gasteiger partial charge in [-0.1, -0.05) is 24.3 Å². The lowest BCUT2D eigenvalue weighted by Crippen LogP contribution is -2.38. The van der Waals surface area contributed by atoms with Gasteiger partial charge in [-0.25, -0.2) is 0 Å². The van der Waals surface area contributed by atoms with Crippen LogP contribution in [0.25, 0.3) is 0 Å². The first-order chi connectivity index (χ1) is 6.76. The third-order valence-electron chi connectivity index (χ3n) is 3.00. The van der Waals surface area contributed by atoms with Crippen molar-refractivity contribution < 1.29 is 10.2 Å². The molecule has 1 aliphatic rings. The molecule has 2 N–H and O–H groups in total. The molecule has 0 radical (unpaired) electrons. The lowest BCUT2D eigenvalue weighted by Gasteiger charge is -2.39. The van der Waals surface area contributed by atoms with E-state index in [1.807, 2.05) is 18.2 Å². The van der Waals surface area contributed by atoms with Crippen LogP contribution in [0.2, 0.25) is 0 Å². The SMILES string of the molecule is OCCCCC1(O)Cc2ccccc21. The highest BCUT2D eigenvalue weighted by molar-refractivity contribution is 5.42. The van der Waals surface area contributed by atoms with Crippen molar-refractivity contribution in [2.75, 3.05) is 6.61 Å². The minimum atomic E-state index is -0.605. The van der Waals surface area contributed by atoms with Crippen molar-refractivity contribution in [3.05, 3.63) is 35.4 Å². The summed E-state index contributed by atoms with van der Waals surface area (Å²) in [5.74, 6) is 0. The summed E-state index contributed by atoms with van der Waals surface area (Å²) in [7, 11) is 0. The van der Waals surface area contributed by atoms with Gasteiger partial charge in [-0.15, -0.1) is 0 Å². The van der Waals surface area contributed by atoms with Gasteiger partial charge in [0.15, 0.2) is 0 Å². The smallest absolute Gasteiger partial charge is 0.0939 e. The number of rotatable bonds is 4. The average molecular weight is 192 g/mol. The van der Waals surface area contributed by atoms with Gasteiger partial charge in [0.25, 0.3) is 0 Å². The van der Waals surface area contributed by atoms with E-state index in [9.17, 15) is 5.11 Å². The standard InChI is InChI=1S/C12H16O2/c13-8-4-3-7-12(14)9-10-5-1-2-6-11(10)12/h1-2,5-6,13-14H,3-4,7-9H2. The lowest BCUT2D eigenvalue weighted by atomic mass is 9.71. The van der Waals surface area contributed by atoms with Gasteiger partial charge in [0.1, 0.15) is 0 Å². The number of aliphatic hydroxyl groups excluding tert-OH is 1. The van der Waals surface area contributed by atoms with Gasteiger partial charge in [-0.05, 0) is 30.4 Å². The van der Waals surface area contributed by atoms with Gasteiger partial charge in [-0.2, -0.15) is 0 Å². The zero-order chi connectivity index (χ0) is 10.0. The van der Waals surface area contributed by atoms with Crippen molar-refractivity contribution in [3.8, 4) is 0 Å². The zero-order valence-corrected chi connectivity index (χ0v) is 8.24. The topological polar surface area (TPSA) is 40.5 Å². The highest BCUT2D eigenvalue weighted by Crippen LogP contribution is 2.42. The Labute approximate surface area is 84.2 Å². The molecule has 0 spiro atoms. The van der Waals surface area contributed by atoms with Crippen molar-refractivity contribution in [3.63, 3.8) is 0 Å². The van der Waals surface area contributed by atoms with Crippen LogP contribution in [0.5, 0.6) is 0 Å². The second-order valence-electron chi connectivity index (χ2n) is 4.05. The summed E-state index contributed by atoms with van der Waals surface area (Å²) in [6, 6.07) is 8.04. The molecule has 1 aromatic rings. The monoisotopic (exact) mass is 192 g/mol. The zero-order valence-electron chi connectivity index (χ0n) is 8.24. The van der Waals surface area contributed by atoms with Crippen molar-refractivity contribution in [1.29, 1.82) is 0 Å². The van der Waals surface area contributed by atoms with Crippen LogP contribution >= 0.6 is 0 Å². The molecule has 14 heavy (non-hydrogen) atoms. The largest absolute Gasteiger partial charge is 0.396 e. The molecular weight excluding hydrogens is 176 g/mol. The van der Waals surface area contributed by atoms with Gasteiger partial charge < -0.3 is 10.2 Å². The van der Waals surface area contributed by atoms with Crippen LogP contribution in [-0.4, -0.2) is 16.8 Å². The van der Waals surface area contributed by atoms with Crippen LogP contribution in [0.15, 0.2) is 24.3 Å². The Kier molecular flexibility index (Phi) is 2.57. The van der Waals surface area contributed by atoms with Gasteiger partial charge in [0.2, 0.25) is 0 Å². The maximum absolute atomic E-state index is 10.2. The number of hydrogen-bond acceptors (Lipinski definition) is 2. The van der Waals surface area contributed by atoms with Crippen molar-refractivity contribution in [2.24, 2.45) is 0 Å². The Balaban J connectivity index is 2.01. The molecule has 1 aromatic carbocycles. The molecule has 0 aliphatic heterocycles. The maximum Gasteiger partial charge on any atom is 0.0939 e. The van der Waals surface area contributed by atoms with Gasteiger partial charge in [-0.3, -0.25) is 0 Å². The molecule has 1 atom stereocenters. The van der Waals surface area contributed by atoms with E-state index >= 15 is 0 Å². The first-order valence-electron chi connectivity index (χ1n) is 5.18. The molecule has 2 rings (SSSR count). The highest BCUT2D eigenvalue weighted by atomic mass is 16.3. The molecule has 0 fully saturated rings. The van der Waals surface area contributed by atoms with E-state index in [4.69, 9.17) is 5.11 Å². The average Bonchev–Trinajstić information content (AvgIpc) is 2.17. The van der Waals surface area contributed by atoms with E-state index in [0.29, 0.717) is 0 Å². The molecule has 0 aromatic heterocycles. The molecule has 0 saturated carbocycles. The summed E-state index contributed by atoms with van der Waals surface area (Å²) < 4.78 is 0. The van der Waals surface area contributed by atoms with Crippen LogP contribution in [-0.2, 0) is 12.0 Å². The predicted molar refractivity (Wildman–Crippen MR) is 55.0 cm³/mol. The third-order valence-corrected chi connectivity index (χ3v) is 3.00. The van der Waals surface area contributed by atoms with Gasteiger partial charge in [0.05, 0.1) is 5.60 Å². The number of aliphatic hydroxyl groups is 2. The normalized spacial score (nSPS) is 24.1. The van der Waals surface area contributed by atoms with Crippen LogP contribution in [0.3, 0.4) is 0 Å². The van der Waals surface area contributed by atoms with Gasteiger partial charge in [0, 0.05) is 13.0 Å². The van der Waals surface area contributed by atoms with Crippen molar-refractivity contribution in [1.82, 2.24) is 0 Å². The number of hydrogen-bond donors (Lipinski definition) is 2. The molecule has 0 bridgehead atoms. The maximum atomic E-state index is 10.2. The van der Waals surface area contributed by atoms with E-state index in [0.717, 1.165) is 31.2 Å². The van der Waals surface area contributed by atoms with E-state index in [1.165, 1.54) is 5.56 Å². The van der Waals surface area contributed by atoms with Crippen molar-refractivity contribution >= 4 is 0 Å². The van der Waals surface area contributed by atoms with E-state index in [2.05, 4.69) is 6.07 Å². The Morgan fingerprint density at radius 2 is 2.00 bits per heavy atom. The van der Waals surface area contributed by atoms with Crippen molar-refractivity contribution in [2.45, 2.75) is 31.3 Å². The van der Waals surface area contributed by atoms with E-state index in [1.54, 1.807) is 0 Å². The minimum Gasteiger partial charge on any atom is -0.396 e. The third kappa shape index (κ3) is 1.56. The van der Waals surface area contributed by atoms with Gasteiger partial charge >= 0.3 is 0 Å². The number of benzene rings is 1. The molecule has 1 unspecified atom stereocenters. The van der Waals surface area contributed by atoms with E-state index in [-0.39, 0.29) is 6.61 Å². The Bertz CT molecular complexity index is 322. The molecule has 2 nitrogen and oxygen atoms in total. The number of fused-ring (bicyclic) bond motifs is 1. The Morgan fingerprint density at radius 3 is 2.71 bits per heavy atom. The molecule has 76 valence electrons. The molecule has 0 saturated heterocycles. The summed E-state index contributed by atoms with van der Waals surface area (Å²) >= 11 is 0. The second-order valence-corrected chi connectivity index (χ2v) is 4.05. The number of unbranched alkanes of at least 4 members (excludes halogenated alkanes) is 1. The fourth-order valence-electron chi connectivity index (χ4n) is 2.18. The Hall–Kier alpha value is -0.860. The summed E-state index contributed by atoms with van der Waals surface area (Å²) in [5.41, 5.74) is 1.74. The molecule has 1 aliphatic carbocycles. The fraction of sp³-hybridized carbons (Fsp3) is 0.500. The first-order valence-corrected chi connectivity index (χ1v) is 5.18. The second kappa shape index (κ2) is 3.71. The molecule has 0 heterocycles. The summed E-state index contributed by atoms with van der Waals surface area (Å²) in [6.45, 7) is 0.220.